The molecule has 0 unspecified atom stereocenters. The largest absolute Gasteiger partial charge is 2.00 e. The van der Waals surface area contributed by atoms with Gasteiger partial charge in [-0.3, -0.25) is 0 Å². The topological polar surface area (TPSA) is 310 Å². The van der Waals surface area contributed by atoms with Crippen molar-refractivity contribution in [1.82, 2.24) is 18.5 Å². The van der Waals surface area contributed by atoms with Crippen molar-refractivity contribution in [2.45, 2.75) is 34.6 Å². The molecule has 0 bridgehead atoms. The molecule has 0 heterocycles. The third-order valence-electron chi connectivity index (χ3n) is 0. The van der Waals surface area contributed by atoms with Gasteiger partial charge in [-0.25, -0.2) is 0 Å². The number of aliphatic carboxylic acids is 5. The molecule has 0 atom stereocenters. The van der Waals surface area contributed by atoms with Gasteiger partial charge in [0.15, 0.2) is 0 Å². The standard InChI is InChI=1S/5C2H4O2.Cu.3H3N/c5*1-2(3)4;;;;/h5*1H3,(H,3,4);;3*1H3/q;;;;;+2;;;/p-2. The maximum Gasteiger partial charge on any atom is 2.00 e. The van der Waals surface area contributed by atoms with Crippen molar-refractivity contribution in [2.75, 3.05) is 0 Å². The molecule has 0 fully saturated rings. The Morgan fingerprint density at radius 1 is 0.417 bits per heavy atom. The van der Waals surface area contributed by atoms with Gasteiger partial charge in [0.25, 0.3) is 0 Å². The Bertz CT molecular complexity index is 224. The van der Waals surface area contributed by atoms with Crippen LogP contribution in [0.15, 0.2) is 0 Å². The molecule has 0 saturated carbocycles. The molecule has 0 aromatic rings. The number of carboxylic acid groups (broad SMARTS) is 5. The van der Waals surface area contributed by atoms with Gasteiger partial charge in [0, 0.05) is 29.8 Å². The van der Waals surface area contributed by atoms with Crippen LogP contribution in [0.25, 0.3) is 0 Å². The Hall–Kier alpha value is -2.25. The van der Waals surface area contributed by atoms with E-state index in [2.05, 4.69) is 0 Å². The van der Waals surface area contributed by atoms with Crippen LogP contribution in [0, 0.1) is 0 Å². The molecule has 12 N–H and O–H groups in total. The van der Waals surface area contributed by atoms with E-state index in [0.29, 0.717) is 0 Å². The van der Waals surface area contributed by atoms with Crippen molar-refractivity contribution in [2.24, 2.45) is 0 Å². The summed E-state index contributed by atoms with van der Waals surface area (Å²) in [5.41, 5.74) is 0. The minimum Gasteiger partial charge on any atom is -0.550 e. The number of rotatable bonds is 0. The molecule has 0 aromatic heterocycles. The molecule has 0 aromatic carbocycles. The van der Waals surface area contributed by atoms with Crippen LogP contribution < -0.4 is 44.0 Å². The summed E-state index contributed by atoms with van der Waals surface area (Å²) in [5, 5.41) is 44.4. The summed E-state index contributed by atoms with van der Waals surface area (Å²) < 4.78 is 0. The second-order valence-electron chi connectivity index (χ2n) is 2.46. The van der Waals surface area contributed by atoms with Crippen LogP contribution in [-0.2, 0) is 41.0 Å². The summed E-state index contributed by atoms with van der Waals surface area (Å²) in [6, 6.07) is 0. The second-order valence-corrected chi connectivity index (χ2v) is 2.46. The maximum atomic E-state index is 8.89. The van der Waals surface area contributed by atoms with E-state index in [9.17, 15) is 0 Å². The number of carbonyl (C=O) groups is 5. The minimum atomic E-state index is -1.08. The maximum absolute atomic E-state index is 8.89. The number of carboxylic acids is 5. The van der Waals surface area contributed by atoms with Gasteiger partial charge in [0.05, 0.1) is 0 Å². The van der Waals surface area contributed by atoms with E-state index in [0.717, 1.165) is 34.6 Å². The Morgan fingerprint density at radius 2 is 0.417 bits per heavy atom. The van der Waals surface area contributed by atoms with Crippen molar-refractivity contribution in [3.05, 3.63) is 0 Å². The van der Waals surface area contributed by atoms with Crippen molar-refractivity contribution in [1.29, 1.82) is 0 Å². The summed E-state index contributed by atoms with van der Waals surface area (Å²) in [6.45, 7) is 4.86. The van der Waals surface area contributed by atoms with Gasteiger partial charge < -0.3 is 68.0 Å². The van der Waals surface area contributed by atoms with Crippen molar-refractivity contribution >= 4 is 29.8 Å². The zero-order valence-corrected chi connectivity index (χ0v) is 15.8. The van der Waals surface area contributed by atoms with Crippen LogP contribution in [0.5, 0.6) is 0 Å². The zero-order chi connectivity index (χ0) is 17.9. The second kappa shape index (κ2) is 49.8. The quantitative estimate of drug-likeness (QED) is 0.317. The summed E-state index contributed by atoms with van der Waals surface area (Å²) in [6.07, 6.45) is 0. The molecule has 13 nitrogen and oxygen atoms in total. The van der Waals surface area contributed by atoms with E-state index in [1.165, 1.54) is 0 Å². The summed E-state index contributed by atoms with van der Waals surface area (Å²) >= 11 is 0. The van der Waals surface area contributed by atoms with Crippen LogP contribution in [0.4, 0.5) is 0 Å². The molecule has 153 valence electrons. The van der Waals surface area contributed by atoms with Gasteiger partial charge in [-0.1, -0.05) is 0 Å². The number of hydrogen-bond acceptors (Lipinski definition) is 10. The first kappa shape index (κ1) is 57.6. The SMILES string of the molecule is CC(=O)[O-].CC(=O)[O-].CC(=O)[O-].CC(=O)[O-].CC(=O)[O-].[Cu+2].[NH4+].[NH4+].[NH4+]. The molecule has 14 heteroatoms. The monoisotopic (exact) mass is 412 g/mol. The van der Waals surface area contributed by atoms with Crippen LogP contribution in [0.2, 0.25) is 0 Å². The molecule has 0 aliphatic carbocycles. The van der Waals surface area contributed by atoms with E-state index in [1.54, 1.807) is 0 Å². The Morgan fingerprint density at radius 3 is 0.417 bits per heavy atom. The smallest absolute Gasteiger partial charge is 0.550 e. The van der Waals surface area contributed by atoms with Crippen LogP contribution >= 0.6 is 0 Å². The summed E-state index contributed by atoms with van der Waals surface area (Å²) in [5.74, 6) is -5.42. The predicted octanol–water partition coefficient (Wildman–Crippen LogP) is -5.09. The van der Waals surface area contributed by atoms with Crippen molar-refractivity contribution < 1.29 is 66.6 Å². The fourth-order valence-corrected chi connectivity index (χ4v) is 0. The molecular weight excluding hydrogens is 386 g/mol. The van der Waals surface area contributed by atoms with Gasteiger partial charge in [0.2, 0.25) is 0 Å². The summed E-state index contributed by atoms with van der Waals surface area (Å²) in [7, 11) is 0. The molecule has 0 amide bonds. The van der Waals surface area contributed by atoms with Crippen LogP contribution in [0.3, 0.4) is 0 Å². The first-order chi connectivity index (χ1) is 8.66. The fraction of sp³-hybridized carbons (Fsp3) is 0.500. The molecule has 0 rings (SSSR count). The van der Waals surface area contributed by atoms with Gasteiger partial charge in [-0.05, 0) is 34.6 Å². The molecular formula is C10H27CuN3O10. The number of quaternary nitrogens is 3. The Labute approximate surface area is 150 Å². The summed E-state index contributed by atoms with van der Waals surface area (Å²) in [4.78, 5) is 44.4. The van der Waals surface area contributed by atoms with Gasteiger partial charge in [-0.15, -0.1) is 0 Å². The molecule has 0 spiro atoms. The van der Waals surface area contributed by atoms with E-state index in [-0.39, 0.29) is 35.5 Å². The zero-order valence-electron chi connectivity index (χ0n) is 14.9. The van der Waals surface area contributed by atoms with Gasteiger partial charge in [0.1, 0.15) is 0 Å². The molecule has 0 saturated heterocycles. The average molecular weight is 413 g/mol. The van der Waals surface area contributed by atoms with Crippen molar-refractivity contribution in [3.8, 4) is 0 Å². The normalized spacial score (nSPS) is 5.21. The Kier molecular flexibility index (Phi) is 120. The van der Waals surface area contributed by atoms with Crippen LogP contribution in [-0.4, -0.2) is 29.8 Å². The predicted molar refractivity (Wildman–Crippen MR) is 71.4 cm³/mol. The molecule has 24 heavy (non-hydrogen) atoms. The van der Waals surface area contributed by atoms with Crippen molar-refractivity contribution in [3.63, 3.8) is 0 Å². The fourth-order valence-electron chi connectivity index (χ4n) is 0. The first-order valence-electron chi connectivity index (χ1n) is 4.54. The molecule has 1 radical (unpaired) electrons. The number of hydrogen-bond donors (Lipinski definition) is 3. The average Bonchev–Trinajstić information content (AvgIpc) is 1.94. The van der Waals surface area contributed by atoms with Gasteiger partial charge in [-0.2, -0.15) is 0 Å². The Balaban J connectivity index is -0.0000000161. The van der Waals surface area contributed by atoms with E-state index in [4.69, 9.17) is 49.5 Å². The van der Waals surface area contributed by atoms with E-state index >= 15 is 0 Å². The third kappa shape index (κ3) is 1370. The molecule has 0 aliphatic rings. The number of carbonyl (C=O) groups excluding carboxylic acids is 5. The van der Waals surface area contributed by atoms with Gasteiger partial charge >= 0.3 is 17.1 Å². The van der Waals surface area contributed by atoms with Crippen LogP contribution in [0.1, 0.15) is 34.6 Å². The molecule has 0 aliphatic heterocycles. The third-order valence-corrected chi connectivity index (χ3v) is 0. The van der Waals surface area contributed by atoms with E-state index in [1.807, 2.05) is 0 Å². The first-order valence-corrected chi connectivity index (χ1v) is 4.54. The van der Waals surface area contributed by atoms with E-state index < -0.39 is 29.8 Å². The minimum absolute atomic E-state index is 0.